The van der Waals surface area contributed by atoms with Gasteiger partial charge in [0.25, 0.3) is 0 Å². The van der Waals surface area contributed by atoms with Crippen LogP contribution in [-0.4, -0.2) is 49.7 Å². The van der Waals surface area contributed by atoms with E-state index in [2.05, 4.69) is 15.6 Å². The second kappa shape index (κ2) is 8.03. The standard InChI is InChI=1S/C18H25ClN4O3/c1-11(2)17(24)23-5-4-13(9-23)22-18(20-3)21-8-12-6-14(19)16-15(7-12)25-10-26-16/h6-7,11,13H,4-5,8-10H2,1-3H3,(H2,20,21,22). The number of likely N-dealkylation sites (tertiary alicyclic amines) is 1. The molecule has 0 aliphatic carbocycles. The van der Waals surface area contributed by atoms with Gasteiger partial charge in [-0.3, -0.25) is 9.79 Å². The molecule has 1 saturated heterocycles. The van der Waals surface area contributed by atoms with Crippen molar-refractivity contribution in [2.45, 2.75) is 32.9 Å². The Labute approximate surface area is 158 Å². The summed E-state index contributed by atoms with van der Waals surface area (Å²) in [5.74, 6) is 2.19. The van der Waals surface area contributed by atoms with Crippen LogP contribution < -0.4 is 20.1 Å². The van der Waals surface area contributed by atoms with Gasteiger partial charge in [-0.15, -0.1) is 0 Å². The fourth-order valence-corrected chi connectivity index (χ4v) is 3.43. The number of halogens is 1. The van der Waals surface area contributed by atoms with Crippen molar-refractivity contribution in [1.82, 2.24) is 15.5 Å². The molecule has 2 aliphatic rings. The molecule has 2 heterocycles. The van der Waals surface area contributed by atoms with E-state index in [0.717, 1.165) is 18.5 Å². The molecule has 1 unspecified atom stereocenters. The van der Waals surface area contributed by atoms with Gasteiger partial charge in [0, 0.05) is 38.6 Å². The summed E-state index contributed by atoms with van der Waals surface area (Å²) in [4.78, 5) is 18.3. The van der Waals surface area contributed by atoms with E-state index >= 15 is 0 Å². The average molecular weight is 381 g/mol. The lowest BCUT2D eigenvalue weighted by molar-refractivity contribution is -0.133. The average Bonchev–Trinajstić information content (AvgIpc) is 3.27. The Kier molecular flexibility index (Phi) is 5.76. The molecular weight excluding hydrogens is 356 g/mol. The van der Waals surface area contributed by atoms with Crippen LogP contribution in [-0.2, 0) is 11.3 Å². The van der Waals surface area contributed by atoms with Crippen molar-refractivity contribution in [1.29, 1.82) is 0 Å². The molecule has 8 heteroatoms. The number of benzene rings is 1. The van der Waals surface area contributed by atoms with Gasteiger partial charge in [0.2, 0.25) is 12.7 Å². The van der Waals surface area contributed by atoms with Gasteiger partial charge >= 0.3 is 0 Å². The highest BCUT2D eigenvalue weighted by Crippen LogP contribution is 2.39. The number of rotatable bonds is 4. The summed E-state index contributed by atoms with van der Waals surface area (Å²) in [5, 5.41) is 7.20. The van der Waals surface area contributed by atoms with E-state index in [9.17, 15) is 4.79 Å². The predicted octanol–water partition coefficient (Wildman–Crippen LogP) is 1.99. The van der Waals surface area contributed by atoms with Gasteiger partial charge in [-0.05, 0) is 24.1 Å². The second-order valence-electron chi connectivity index (χ2n) is 6.81. The number of aliphatic imine (C=N–C) groups is 1. The summed E-state index contributed by atoms with van der Waals surface area (Å²) < 4.78 is 10.7. The first-order valence-electron chi connectivity index (χ1n) is 8.82. The molecule has 1 amide bonds. The van der Waals surface area contributed by atoms with Crippen LogP contribution in [0, 0.1) is 5.92 Å². The van der Waals surface area contributed by atoms with E-state index in [-0.39, 0.29) is 24.7 Å². The van der Waals surface area contributed by atoms with Crippen LogP contribution >= 0.6 is 11.6 Å². The Balaban J connectivity index is 1.53. The number of guanidine groups is 1. The first kappa shape index (κ1) is 18.6. The minimum atomic E-state index is 0.0296. The Hall–Kier alpha value is -2.15. The van der Waals surface area contributed by atoms with E-state index in [1.54, 1.807) is 7.05 Å². The molecule has 0 aromatic heterocycles. The van der Waals surface area contributed by atoms with E-state index in [1.807, 2.05) is 30.9 Å². The molecule has 0 saturated carbocycles. The molecular formula is C18H25ClN4O3. The molecule has 26 heavy (non-hydrogen) atoms. The highest BCUT2D eigenvalue weighted by molar-refractivity contribution is 6.32. The number of fused-ring (bicyclic) bond motifs is 1. The van der Waals surface area contributed by atoms with E-state index < -0.39 is 0 Å². The molecule has 7 nitrogen and oxygen atoms in total. The summed E-state index contributed by atoms with van der Waals surface area (Å²) in [6, 6.07) is 3.96. The van der Waals surface area contributed by atoms with Crippen molar-refractivity contribution in [3.8, 4) is 11.5 Å². The quantitative estimate of drug-likeness (QED) is 0.617. The third-order valence-corrected chi connectivity index (χ3v) is 4.79. The van der Waals surface area contributed by atoms with Gasteiger partial charge in [0.15, 0.2) is 17.5 Å². The number of hydrogen-bond donors (Lipinski definition) is 2. The molecule has 1 aromatic carbocycles. The molecule has 1 aromatic rings. The van der Waals surface area contributed by atoms with Crippen molar-refractivity contribution in [3.63, 3.8) is 0 Å². The van der Waals surface area contributed by atoms with Crippen LogP contribution in [0.4, 0.5) is 0 Å². The lowest BCUT2D eigenvalue weighted by Gasteiger charge is -2.20. The summed E-state index contributed by atoms with van der Waals surface area (Å²) in [7, 11) is 1.73. The van der Waals surface area contributed by atoms with E-state index in [0.29, 0.717) is 35.6 Å². The highest BCUT2D eigenvalue weighted by atomic mass is 35.5. The molecule has 2 N–H and O–H groups in total. The van der Waals surface area contributed by atoms with Crippen molar-refractivity contribution < 1.29 is 14.3 Å². The topological polar surface area (TPSA) is 75.2 Å². The first-order valence-corrected chi connectivity index (χ1v) is 9.19. The van der Waals surface area contributed by atoms with Gasteiger partial charge in [-0.1, -0.05) is 25.4 Å². The summed E-state index contributed by atoms with van der Waals surface area (Å²) in [5.41, 5.74) is 0.977. The Morgan fingerprint density at radius 3 is 2.96 bits per heavy atom. The van der Waals surface area contributed by atoms with Crippen LogP contribution in [0.5, 0.6) is 11.5 Å². The molecule has 142 valence electrons. The monoisotopic (exact) mass is 380 g/mol. The Morgan fingerprint density at radius 1 is 1.42 bits per heavy atom. The number of amides is 1. The van der Waals surface area contributed by atoms with Crippen LogP contribution in [0.15, 0.2) is 17.1 Å². The number of nitrogens with zero attached hydrogens (tertiary/aromatic N) is 2. The lowest BCUT2D eigenvalue weighted by Crippen LogP contribution is -2.45. The number of hydrogen-bond acceptors (Lipinski definition) is 4. The maximum Gasteiger partial charge on any atom is 0.231 e. The summed E-state index contributed by atoms with van der Waals surface area (Å²) in [6.45, 7) is 6.09. The maximum atomic E-state index is 12.1. The van der Waals surface area contributed by atoms with Gasteiger partial charge < -0.3 is 25.0 Å². The van der Waals surface area contributed by atoms with Crippen LogP contribution in [0.1, 0.15) is 25.8 Å². The van der Waals surface area contributed by atoms with Gasteiger partial charge in [-0.2, -0.15) is 0 Å². The van der Waals surface area contributed by atoms with E-state index in [1.165, 1.54) is 0 Å². The maximum absolute atomic E-state index is 12.1. The minimum absolute atomic E-state index is 0.0296. The molecule has 1 atom stereocenters. The number of ether oxygens (including phenoxy) is 2. The zero-order valence-electron chi connectivity index (χ0n) is 15.3. The SMILES string of the molecule is CN=C(NCc1cc(Cl)c2c(c1)OCO2)NC1CCN(C(=O)C(C)C)C1. The smallest absolute Gasteiger partial charge is 0.231 e. The van der Waals surface area contributed by atoms with Crippen LogP contribution in [0.2, 0.25) is 5.02 Å². The zero-order chi connectivity index (χ0) is 18.7. The predicted molar refractivity (Wildman–Crippen MR) is 101 cm³/mol. The molecule has 3 rings (SSSR count). The van der Waals surface area contributed by atoms with Crippen molar-refractivity contribution in [3.05, 3.63) is 22.7 Å². The summed E-state index contributed by atoms with van der Waals surface area (Å²) >= 11 is 6.22. The van der Waals surface area contributed by atoms with Crippen molar-refractivity contribution in [2.75, 3.05) is 26.9 Å². The first-order chi connectivity index (χ1) is 12.5. The summed E-state index contributed by atoms with van der Waals surface area (Å²) in [6.07, 6.45) is 0.912. The van der Waals surface area contributed by atoms with E-state index in [4.69, 9.17) is 21.1 Å². The second-order valence-corrected chi connectivity index (χ2v) is 7.21. The third kappa shape index (κ3) is 4.15. The zero-order valence-corrected chi connectivity index (χ0v) is 16.1. The molecule has 0 bridgehead atoms. The largest absolute Gasteiger partial charge is 0.454 e. The minimum Gasteiger partial charge on any atom is -0.454 e. The highest BCUT2D eigenvalue weighted by Gasteiger charge is 2.28. The molecule has 0 radical (unpaired) electrons. The Morgan fingerprint density at radius 2 is 2.23 bits per heavy atom. The van der Waals surface area contributed by atoms with Gasteiger partial charge in [-0.25, -0.2) is 0 Å². The fourth-order valence-electron chi connectivity index (χ4n) is 3.14. The third-order valence-electron chi connectivity index (χ3n) is 4.51. The molecule has 0 spiro atoms. The lowest BCUT2D eigenvalue weighted by atomic mass is 10.2. The number of nitrogens with one attached hydrogen (secondary N) is 2. The fraction of sp³-hybridized carbons (Fsp3) is 0.556. The van der Waals surface area contributed by atoms with Crippen molar-refractivity contribution in [2.24, 2.45) is 10.9 Å². The van der Waals surface area contributed by atoms with Crippen molar-refractivity contribution >= 4 is 23.5 Å². The normalized spacial score (nSPS) is 19.2. The van der Waals surface area contributed by atoms with Crippen LogP contribution in [0.3, 0.4) is 0 Å². The molecule has 1 fully saturated rings. The Bertz CT molecular complexity index is 708. The molecule has 2 aliphatic heterocycles. The van der Waals surface area contributed by atoms with Gasteiger partial charge in [0.05, 0.1) is 5.02 Å². The number of carbonyl (C=O) groups is 1. The van der Waals surface area contributed by atoms with Gasteiger partial charge in [0.1, 0.15) is 0 Å². The number of carbonyl (C=O) groups excluding carboxylic acids is 1. The van der Waals surface area contributed by atoms with Crippen LogP contribution in [0.25, 0.3) is 0 Å².